The molecule has 1 aromatic heterocycles. The summed E-state index contributed by atoms with van der Waals surface area (Å²) in [6.45, 7) is 0. The number of fused-ring (bicyclic) bond motifs is 5. The molecule has 4 rings (SSSR count). The lowest BCUT2D eigenvalue weighted by atomic mass is 9.70. The van der Waals surface area contributed by atoms with Crippen LogP contribution in [0.15, 0.2) is 4.63 Å². The van der Waals surface area contributed by atoms with E-state index in [9.17, 15) is 15.5 Å². The summed E-state index contributed by atoms with van der Waals surface area (Å²) in [4.78, 5) is 0.390. The highest BCUT2D eigenvalue weighted by molar-refractivity contribution is 5.27. The normalized spacial score (nSPS) is 41.7. The lowest BCUT2D eigenvalue weighted by molar-refractivity contribution is -0.808. The van der Waals surface area contributed by atoms with Gasteiger partial charge in [0, 0.05) is 23.5 Å². The molecular formula is C12H17N3O4. The van der Waals surface area contributed by atoms with Crippen LogP contribution >= 0.6 is 0 Å². The lowest BCUT2D eigenvalue weighted by Gasteiger charge is -2.35. The van der Waals surface area contributed by atoms with E-state index in [-0.39, 0.29) is 18.0 Å². The standard InChI is InChI=1S/C12H17N3O4/c16-12-7-3-1-2-4-8(7)14(17)10(12)6-5-9-11(12)13-19-15(9)18/h7-8,10,16-17H,1-6H2/t7-,8-,10-,12-/m0/s1. The molecule has 7 nitrogen and oxygen atoms in total. The van der Waals surface area contributed by atoms with Gasteiger partial charge in [-0.3, -0.25) is 4.63 Å². The van der Waals surface area contributed by atoms with Crippen LogP contribution in [-0.4, -0.2) is 32.6 Å². The fourth-order valence-electron chi connectivity index (χ4n) is 4.36. The molecule has 0 radical (unpaired) electrons. The minimum absolute atomic E-state index is 0.0356. The van der Waals surface area contributed by atoms with E-state index in [1.807, 2.05) is 0 Å². The van der Waals surface area contributed by atoms with Crippen LogP contribution in [0.5, 0.6) is 0 Å². The zero-order valence-electron chi connectivity index (χ0n) is 10.5. The predicted octanol–water partition coefficient (Wildman–Crippen LogP) is 0.0740. The zero-order chi connectivity index (χ0) is 13.2. The van der Waals surface area contributed by atoms with Crippen molar-refractivity contribution in [1.82, 2.24) is 10.2 Å². The summed E-state index contributed by atoms with van der Waals surface area (Å²) in [5.41, 5.74) is -0.488. The number of aromatic nitrogens is 2. The van der Waals surface area contributed by atoms with Gasteiger partial charge in [0.25, 0.3) is 5.69 Å². The van der Waals surface area contributed by atoms with Crippen molar-refractivity contribution in [3.8, 4) is 0 Å². The minimum Gasteiger partial charge on any atom is -0.379 e. The van der Waals surface area contributed by atoms with Crippen molar-refractivity contribution in [3.05, 3.63) is 16.6 Å². The SMILES string of the molecule is [O-][n+]1onc2c1CC[C@@H]1N(O)[C@H]3CCCC[C@@H]3[C@@]21O. The van der Waals surface area contributed by atoms with Gasteiger partial charge < -0.3 is 15.5 Å². The maximum absolute atomic E-state index is 11.5. The summed E-state index contributed by atoms with van der Waals surface area (Å²) in [6, 6.07) is -0.412. The molecule has 0 bridgehead atoms. The number of hydrogen-bond acceptors (Lipinski definition) is 6. The second-order valence-corrected chi connectivity index (χ2v) is 5.94. The monoisotopic (exact) mass is 267 g/mol. The van der Waals surface area contributed by atoms with Crippen LogP contribution in [0.3, 0.4) is 0 Å². The molecule has 0 spiro atoms. The van der Waals surface area contributed by atoms with E-state index in [0.717, 1.165) is 25.7 Å². The molecule has 7 heteroatoms. The Bertz CT molecular complexity index is 519. The molecular weight excluding hydrogens is 250 g/mol. The molecule has 104 valence electrons. The van der Waals surface area contributed by atoms with Crippen LogP contribution in [0.1, 0.15) is 43.5 Å². The van der Waals surface area contributed by atoms with E-state index in [1.54, 1.807) is 0 Å². The van der Waals surface area contributed by atoms with E-state index in [4.69, 9.17) is 0 Å². The first-order valence-corrected chi connectivity index (χ1v) is 6.92. The molecule has 3 aliphatic rings. The molecule has 2 N–H and O–H groups in total. The molecule has 4 atom stereocenters. The Kier molecular flexibility index (Phi) is 2.25. The fraction of sp³-hybridized carbons (Fsp3) is 0.833. The smallest absolute Gasteiger partial charge is 0.254 e. The summed E-state index contributed by atoms with van der Waals surface area (Å²) in [7, 11) is 0. The number of hydrogen-bond donors (Lipinski definition) is 2. The van der Waals surface area contributed by atoms with E-state index in [2.05, 4.69) is 9.79 Å². The van der Waals surface area contributed by atoms with Gasteiger partial charge in [-0.05, 0) is 24.2 Å². The summed E-state index contributed by atoms with van der Waals surface area (Å²) < 4.78 is 4.66. The van der Waals surface area contributed by atoms with Crippen molar-refractivity contribution < 1.29 is 19.8 Å². The van der Waals surface area contributed by atoms with Crippen LogP contribution in [-0.2, 0) is 12.0 Å². The molecule has 2 aliphatic carbocycles. The van der Waals surface area contributed by atoms with Crippen LogP contribution in [0.4, 0.5) is 0 Å². The van der Waals surface area contributed by atoms with Crippen molar-refractivity contribution in [2.24, 2.45) is 5.92 Å². The summed E-state index contributed by atoms with van der Waals surface area (Å²) in [6.07, 6.45) is 4.86. The van der Waals surface area contributed by atoms with Gasteiger partial charge in [0.1, 0.15) is 0 Å². The second-order valence-electron chi connectivity index (χ2n) is 5.94. The number of aliphatic hydroxyl groups is 1. The van der Waals surface area contributed by atoms with E-state index >= 15 is 0 Å². The maximum Gasteiger partial charge on any atom is 0.254 e. The van der Waals surface area contributed by atoms with Crippen molar-refractivity contribution in [2.75, 3.05) is 0 Å². The number of hydroxylamine groups is 2. The van der Waals surface area contributed by atoms with E-state index < -0.39 is 5.60 Å². The lowest BCUT2D eigenvalue weighted by Crippen LogP contribution is -2.49. The molecule has 1 aliphatic heterocycles. The largest absolute Gasteiger partial charge is 0.379 e. The first kappa shape index (κ1) is 11.6. The highest BCUT2D eigenvalue weighted by atomic mass is 16.8. The van der Waals surface area contributed by atoms with E-state index in [1.165, 1.54) is 5.06 Å². The fourth-order valence-corrected chi connectivity index (χ4v) is 4.36. The van der Waals surface area contributed by atoms with Crippen molar-refractivity contribution in [3.63, 3.8) is 0 Å². The van der Waals surface area contributed by atoms with Gasteiger partial charge in [-0.25, -0.2) is 0 Å². The Morgan fingerprint density at radius 3 is 3.00 bits per heavy atom. The van der Waals surface area contributed by atoms with E-state index in [0.29, 0.717) is 29.1 Å². The van der Waals surface area contributed by atoms with Crippen molar-refractivity contribution in [1.29, 1.82) is 0 Å². The predicted molar refractivity (Wildman–Crippen MR) is 60.8 cm³/mol. The average molecular weight is 267 g/mol. The molecule has 1 saturated heterocycles. The quantitative estimate of drug-likeness (QED) is 0.646. The molecule has 0 amide bonds. The third-order valence-corrected chi connectivity index (χ3v) is 5.20. The highest BCUT2D eigenvalue weighted by Crippen LogP contribution is 2.53. The molecule has 1 saturated carbocycles. The zero-order valence-corrected chi connectivity index (χ0v) is 10.5. The van der Waals surface area contributed by atoms with Crippen LogP contribution in [0.25, 0.3) is 0 Å². The van der Waals surface area contributed by atoms with Gasteiger partial charge in [0.15, 0.2) is 5.60 Å². The third-order valence-electron chi connectivity index (χ3n) is 5.20. The van der Waals surface area contributed by atoms with Gasteiger partial charge in [-0.1, -0.05) is 12.8 Å². The van der Waals surface area contributed by atoms with Crippen LogP contribution in [0.2, 0.25) is 0 Å². The number of rotatable bonds is 0. The Hall–Kier alpha value is -1.18. The Morgan fingerprint density at radius 1 is 1.37 bits per heavy atom. The van der Waals surface area contributed by atoms with Crippen LogP contribution < -0.4 is 4.90 Å². The number of nitrogens with zero attached hydrogens (tertiary/aromatic N) is 3. The Balaban J connectivity index is 1.86. The molecule has 2 fully saturated rings. The summed E-state index contributed by atoms with van der Waals surface area (Å²) in [5.74, 6) is -0.0691. The average Bonchev–Trinajstić information content (AvgIpc) is 2.90. The molecule has 19 heavy (non-hydrogen) atoms. The Morgan fingerprint density at radius 2 is 2.16 bits per heavy atom. The summed E-state index contributed by atoms with van der Waals surface area (Å²) in [5, 5.41) is 38.1. The van der Waals surface area contributed by atoms with Gasteiger partial charge in [0.05, 0.1) is 6.04 Å². The molecule has 1 aromatic rings. The third kappa shape index (κ3) is 1.28. The van der Waals surface area contributed by atoms with Gasteiger partial charge >= 0.3 is 0 Å². The van der Waals surface area contributed by atoms with Crippen molar-refractivity contribution >= 4 is 0 Å². The minimum atomic E-state index is -1.24. The second kappa shape index (κ2) is 3.68. The maximum atomic E-state index is 11.5. The Labute approximate surface area is 109 Å². The first-order chi connectivity index (χ1) is 9.14. The van der Waals surface area contributed by atoms with Crippen molar-refractivity contribution in [2.45, 2.75) is 56.2 Å². The molecule has 2 heterocycles. The van der Waals surface area contributed by atoms with Gasteiger partial charge in [-0.2, -0.15) is 5.06 Å². The molecule has 0 unspecified atom stereocenters. The van der Waals surface area contributed by atoms with Crippen LogP contribution in [0, 0.1) is 11.1 Å². The topological polar surface area (TPSA) is 96.7 Å². The van der Waals surface area contributed by atoms with Gasteiger partial charge in [0.2, 0.25) is 5.69 Å². The highest BCUT2D eigenvalue weighted by Gasteiger charge is 2.65. The molecule has 0 aromatic carbocycles. The first-order valence-electron chi connectivity index (χ1n) is 6.92. The van der Waals surface area contributed by atoms with Gasteiger partial charge in [-0.15, -0.1) is 0 Å². The summed E-state index contributed by atoms with van der Waals surface area (Å²) >= 11 is 0.